The molecule has 0 aliphatic carbocycles. The number of aryl methyl sites for hydroxylation is 1. The number of carbonyl (C=O) groups is 1. The minimum Gasteiger partial charge on any atom is -0.466 e. The molecule has 0 saturated heterocycles. The molecule has 1 N–H and O–H groups in total. The lowest BCUT2D eigenvalue weighted by Gasteiger charge is -2.11. The van der Waals surface area contributed by atoms with Crippen LogP contribution in [0.25, 0.3) is 0 Å². The van der Waals surface area contributed by atoms with Crippen molar-refractivity contribution >= 4 is 5.97 Å². The standard InChI is InChI=1S/C10H18N4O2/c1-4-16-10(15)5-8(2)11-6-9-12-7-14(3)13-9/h7-8,11H,4-6H2,1-3H3. The number of esters is 1. The molecule has 1 heterocycles. The molecule has 0 radical (unpaired) electrons. The third-order valence-electron chi connectivity index (χ3n) is 2.03. The van der Waals surface area contributed by atoms with Gasteiger partial charge in [-0.05, 0) is 13.8 Å². The fraction of sp³-hybridized carbons (Fsp3) is 0.700. The van der Waals surface area contributed by atoms with Crippen LogP contribution in [-0.2, 0) is 23.1 Å². The lowest BCUT2D eigenvalue weighted by Crippen LogP contribution is -2.29. The summed E-state index contributed by atoms with van der Waals surface area (Å²) < 4.78 is 6.50. The smallest absolute Gasteiger partial charge is 0.307 e. The Morgan fingerprint density at radius 2 is 2.44 bits per heavy atom. The van der Waals surface area contributed by atoms with E-state index in [4.69, 9.17) is 4.74 Å². The number of rotatable bonds is 6. The minimum atomic E-state index is -0.184. The molecule has 1 aromatic rings. The summed E-state index contributed by atoms with van der Waals surface area (Å²) in [5, 5.41) is 7.29. The van der Waals surface area contributed by atoms with E-state index in [1.807, 2.05) is 14.0 Å². The van der Waals surface area contributed by atoms with Gasteiger partial charge < -0.3 is 10.1 Å². The van der Waals surface area contributed by atoms with Crippen LogP contribution in [0.2, 0.25) is 0 Å². The summed E-state index contributed by atoms with van der Waals surface area (Å²) >= 11 is 0. The second-order valence-corrected chi connectivity index (χ2v) is 3.63. The monoisotopic (exact) mass is 226 g/mol. The highest BCUT2D eigenvalue weighted by Crippen LogP contribution is 1.96. The summed E-state index contributed by atoms with van der Waals surface area (Å²) in [5.74, 6) is 0.537. The number of aromatic nitrogens is 3. The van der Waals surface area contributed by atoms with Gasteiger partial charge in [0.2, 0.25) is 0 Å². The second kappa shape index (κ2) is 6.22. The summed E-state index contributed by atoms with van der Waals surface area (Å²) in [6, 6.07) is 0.0582. The van der Waals surface area contributed by atoms with Gasteiger partial charge in [-0.2, -0.15) is 5.10 Å². The van der Waals surface area contributed by atoms with Crippen molar-refractivity contribution < 1.29 is 9.53 Å². The number of nitrogens with one attached hydrogen (secondary N) is 1. The summed E-state index contributed by atoms with van der Waals surface area (Å²) in [5.41, 5.74) is 0. The Kier molecular flexibility index (Phi) is 4.91. The molecule has 0 spiro atoms. The fourth-order valence-corrected chi connectivity index (χ4v) is 1.27. The molecule has 1 rings (SSSR count). The lowest BCUT2D eigenvalue weighted by atomic mass is 10.2. The van der Waals surface area contributed by atoms with Crippen molar-refractivity contribution in [3.05, 3.63) is 12.2 Å². The molecule has 0 aromatic carbocycles. The normalized spacial score (nSPS) is 12.4. The van der Waals surface area contributed by atoms with Gasteiger partial charge in [-0.1, -0.05) is 0 Å². The number of ether oxygens (including phenoxy) is 1. The van der Waals surface area contributed by atoms with E-state index in [1.54, 1.807) is 17.9 Å². The molecule has 6 nitrogen and oxygen atoms in total. The molecule has 1 unspecified atom stereocenters. The Morgan fingerprint density at radius 3 is 3.00 bits per heavy atom. The van der Waals surface area contributed by atoms with Gasteiger partial charge in [0.1, 0.15) is 6.33 Å². The van der Waals surface area contributed by atoms with Gasteiger partial charge in [0.15, 0.2) is 5.82 Å². The Hall–Kier alpha value is -1.43. The minimum absolute atomic E-state index is 0.0582. The van der Waals surface area contributed by atoms with E-state index in [0.29, 0.717) is 19.6 Å². The van der Waals surface area contributed by atoms with Crippen LogP contribution in [0.1, 0.15) is 26.1 Å². The van der Waals surface area contributed by atoms with Crippen LogP contribution >= 0.6 is 0 Å². The number of nitrogens with zero attached hydrogens (tertiary/aromatic N) is 3. The van der Waals surface area contributed by atoms with Crippen molar-refractivity contribution in [2.45, 2.75) is 32.9 Å². The molecule has 16 heavy (non-hydrogen) atoms. The molecular formula is C10H18N4O2. The van der Waals surface area contributed by atoms with Gasteiger partial charge in [0.05, 0.1) is 19.6 Å². The first-order valence-electron chi connectivity index (χ1n) is 5.35. The number of hydrogen-bond donors (Lipinski definition) is 1. The highest BCUT2D eigenvalue weighted by Gasteiger charge is 2.09. The zero-order valence-corrected chi connectivity index (χ0v) is 9.93. The van der Waals surface area contributed by atoms with E-state index in [9.17, 15) is 4.79 Å². The quantitative estimate of drug-likeness (QED) is 0.704. The highest BCUT2D eigenvalue weighted by molar-refractivity contribution is 5.69. The topological polar surface area (TPSA) is 69.0 Å². The maximum atomic E-state index is 11.2. The molecule has 0 bridgehead atoms. The van der Waals surface area contributed by atoms with Gasteiger partial charge >= 0.3 is 5.97 Å². The van der Waals surface area contributed by atoms with Crippen LogP contribution in [0.3, 0.4) is 0 Å². The zero-order chi connectivity index (χ0) is 12.0. The maximum absolute atomic E-state index is 11.2. The SMILES string of the molecule is CCOC(=O)CC(C)NCc1ncn(C)n1. The van der Waals surface area contributed by atoms with Crippen molar-refractivity contribution in [2.24, 2.45) is 7.05 Å². The molecule has 0 aliphatic rings. The first-order valence-corrected chi connectivity index (χ1v) is 5.35. The molecule has 6 heteroatoms. The third-order valence-corrected chi connectivity index (χ3v) is 2.03. The van der Waals surface area contributed by atoms with Crippen LogP contribution in [0.5, 0.6) is 0 Å². The Labute approximate surface area is 95.0 Å². The molecular weight excluding hydrogens is 208 g/mol. The second-order valence-electron chi connectivity index (χ2n) is 3.63. The van der Waals surface area contributed by atoms with Crippen LogP contribution in [0.15, 0.2) is 6.33 Å². The van der Waals surface area contributed by atoms with E-state index in [-0.39, 0.29) is 12.0 Å². The van der Waals surface area contributed by atoms with E-state index >= 15 is 0 Å². The molecule has 0 fully saturated rings. The third kappa shape index (κ3) is 4.39. The van der Waals surface area contributed by atoms with Crippen LogP contribution in [0, 0.1) is 0 Å². The van der Waals surface area contributed by atoms with Gasteiger partial charge in [-0.25, -0.2) is 4.98 Å². The summed E-state index contributed by atoms with van der Waals surface area (Å²) in [4.78, 5) is 15.2. The first kappa shape index (κ1) is 12.6. The van der Waals surface area contributed by atoms with Crippen LogP contribution in [-0.4, -0.2) is 33.4 Å². The largest absolute Gasteiger partial charge is 0.466 e. The molecule has 0 amide bonds. The predicted octanol–water partition coefficient (Wildman–Crippen LogP) is 0.246. The number of carbonyl (C=O) groups excluding carboxylic acids is 1. The van der Waals surface area contributed by atoms with Gasteiger partial charge in [-0.15, -0.1) is 0 Å². The van der Waals surface area contributed by atoms with E-state index < -0.39 is 0 Å². The van der Waals surface area contributed by atoms with Gasteiger partial charge in [0.25, 0.3) is 0 Å². The van der Waals surface area contributed by atoms with Gasteiger partial charge in [0, 0.05) is 13.1 Å². The molecule has 90 valence electrons. The zero-order valence-electron chi connectivity index (χ0n) is 9.93. The van der Waals surface area contributed by atoms with Crippen LogP contribution < -0.4 is 5.32 Å². The Morgan fingerprint density at radius 1 is 1.69 bits per heavy atom. The molecule has 0 saturated carbocycles. The van der Waals surface area contributed by atoms with Crippen molar-refractivity contribution in [2.75, 3.05) is 6.61 Å². The predicted molar refractivity (Wildman–Crippen MR) is 58.6 cm³/mol. The average molecular weight is 226 g/mol. The van der Waals surface area contributed by atoms with Gasteiger partial charge in [-0.3, -0.25) is 9.48 Å². The van der Waals surface area contributed by atoms with Crippen molar-refractivity contribution in [3.63, 3.8) is 0 Å². The first-order chi connectivity index (χ1) is 7.61. The highest BCUT2D eigenvalue weighted by atomic mass is 16.5. The Bertz CT molecular complexity index is 337. The van der Waals surface area contributed by atoms with Crippen molar-refractivity contribution in [1.29, 1.82) is 0 Å². The summed E-state index contributed by atoms with van der Waals surface area (Å²) in [6.07, 6.45) is 2.01. The molecule has 1 aromatic heterocycles. The summed E-state index contributed by atoms with van der Waals surface area (Å²) in [6.45, 7) is 4.71. The van der Waals surface area contributed by atoms with Crippen molar-refractivity contribution in [1.82, 2.24) is 20.1 Å². The van der Waals surface area contributed by atoms with E-state index in [2.05, 4.69) is 15.4 Å². The summed E-state index contributed by atoms with van der Waals surface area (Å²) in [7, 11) is 1.82. The average Bonchev–Trinajstić information content (AvgIpc) is 2.61. The lowest BCUT2D eigenvalue weighted by molar-refractivity contribution is -0.143. The molecule has 0 aliphatic heterocycles. The maximum Gasteiger partial charge on any atom is 0.307 e. The van der Waals surface area contributed by atoms with Crippen LogP contribution in [0.4, 0.5) is 0 Å². The van der Waals surface area contributed by atoms with Crippen molar-refractivity contribution in [3.8, 4) is 0 Å². The Balaban J connectivity index is 2.24. The van der Waals surface area contributed by atoms with E-state index in [0.717, 1.165) is 5.82 Å². The molecule has 1 atom stereocenters. The van der Waals surface area contributed by atoms with E-state index in [1.165, 1.54) is 0 Å². The number of hydrogen-bond acceptors (Lipinski definition) is 5. The fourth-order valence-electron chi connectivity index (χ4n) is 1.27.